The summed E-state index contributed by atoms with van der Waals surface area (Å²) in [7, 11) is 1.72. The predicted octanol–water partition coefficient (Wildman–Crippen LogP) is 1.65. The summed E-state index contributed by atoms with van der Waals surface area (Å²) in [6, 6.07) is 7.70. The Hall–Kier alpha value is -2.83. The molecule has 3 heterocycles. The normalized spacial score (nSPS) is 24.3. The SMILES string of the molecule is C=C(C)CN1C(=O)C2C(N=C3N(Cc4ccc(C)cc4)CCN32)N(C)C1=O. The molecule has 4 rings (SSSR count). The molecule has 2 atom stereocenters. The first-order valence-electron chi connectivity index (χ1n) is 9.24. The topological polar surface area (TPSA) is 59.5 Å². The van der Waals surface area contributed by atoms with Gasteiger partial charge in [-0.2, -0.15) is 0 Å². The number of guanidine groups is 1. The van der Waals surface area contributed by atoms with E-state index in [1.165, 1.54) is 16.0 Å². The standard InChI is InChI=1S/C20H25N5O2/c1-13(2)11-25-18(26)16-17(22(4)20(25)27)21-19-23(9-10-24(16)19)12-15-7-5-14(3)6-8-15/h5-8,16-17H,1,9-12H2,2-4H3. The molecular formula is C20H25N5O2. The summed E-state index contributed by atoms with van der Waals surface area (Å²) in [4.78, 5) is 37.6. The van der Waals surface area contributed by atoms with Crippen molar-refractivity contribution in [2.24, 2.45) is 4.99 Å². The largest absolute Gasteiger partial charge is 0.337 e. The van der Waals surface area contributed by atoms with Gasteiger partial charge in [-0.15, -0.1) is 0 Å². The monoisotopic (exact) mass is 367 g/mol. The minimum atomic E-state index is -0.456. The maximum atomic E-state index is 13.0. The smallest absolute Gasteiger partial charge is 0.328 e. The number of amides is 3. The number of likely N-dealkylation sites (N-methyl/N-ethyl adjacent to an activating group) is 1. The van der Waals surface area contributed by atoms with Gasteiger partial charge in [0.15, 0.2) is 18.2 Å². The van der Waals surface area contributed by atoms with Gasteiger partial charge in [0.25, 0.3) is 5.91 Å². The third-order valence-corrected chi connectivity index (χ3v) is 5.39. The van der Waals surface area contributed by atoms with Crippen molar-refractivity contribution in [1.82, 2.24) is 19.6 Å². The second-order valence-electron chi connectivity index (χ2n) is 7.66. The van der Waals surface area contributed by atoms with Crippen molar-refractivity contribution in [3.63, 3.8) is 0 Å². The average Bonchev–Trinajstić information content (AvgIpc) is 3.19. The number of carbonyl (C=O) groups excluding carboxylic acids is 2. The van der Waals surface area contributed by atoms with Gasteiger partial charge in [0.1, 0.15) is 0 Å². The van der Waals surface area contributed by atoms with Gasteiger partial charge in [0.05, 0.1) is 6.54 Å². The van der Waals surface area contributed by atoms with E-state index in [4.69, 9.17) is 4.99 Å². The van der Waals surface area contributed by atoms with Crippen LogP contribution in [0.25, 0.3) is 0 Å². The molecule has 0 spiro atoms. The van der Waals surface area contributed by atoms with Gasteiger partial charge in [-0.3, -0.25) is 9.69 Å². The van der Waals surface area contributed by atoms with Gasteiger partial charge in [-0.1, -0.05) is 42.0 Å². The number of aliphatic imine (C=N–C) groups is 1. The van der Waals surface area contributed by atoms with Crippen LogP contribution in [-0.4, -0.2) is 76.4 Å². The second kappa shape index (κ2) is 6.40. The molecule has 2 fully saturated rings. The summed E-state index contributed by atoms with van der Waals surface area (Å²) in [5, 5.41) is 0. The molecule has 0 aliphatic carbocycles. The second-order valence-corrected chi connectivity index (χ2v) is 7.66. The molecule has 2 saturated heterocycles. The lowest BCUT2D eigenvalue weighted by atomic mass is 10.1. The molecule has 0 bridgehead atoms. The van der Waals surface area contributed by atoms with Gasteiger partial charge in [-0.25, -0.2) is 9.79 Å². The third kappa shape index (κ3) is 2.87. The van der Waals surface area contributed by atoms with Crippen LogP contribution in [0.1, 0.15) is 18.1 Å². The highest BCUT2D eigenvalue weighted by Gasteiger charge is 2.54. The number of rotatable bonds is 4. The predicted molar refractivity (Wildman–Crippen MR) is 103 cm³/mol. The highest BCUT2D eigenvalue weighted by Crippen LogP contribution is 2.32. The zero-order valence-corrected chi connectivity index (χ0v) is 16.1. The maximum absolute atomic E-state index is 13.0. The van der Waals surface area contributed by atoms with Gasteiger partial charge >= 0.3 is 6.03 Å². The molecule has 0 saturated carbocycles. The Morgan fingerprint density at radius 3 is 2.59 bits per heavy atom. The summed E-state index contributed by atoms with van der Waals surface area (Å²) in [5.41, 5.74) is 3.22. The van der Waals surface area contributed by atoms with E-state index in [0.717, 1.165) is 31.2 Å². The summed E-state index contributed by atoms with van der Waals surface area (Å²) in [6.45, 7) is 10.3. The molecule has 2 unspecified atom stereocenters. The molecule has 7 heteroatoms. The minimum absolute atomic E-state index is 0.179. The fourth-order valence-electron chi connectivity index (χ4n) is 3.98. The molecule has 3 aliphatic rings. The van der Waals surface area contributed by atoms with Crippen LogP contribution >= 0.6 is 0 Å². The molecule has 0 aromatic heterocycles. The number of hydrogen-bond donors (Lipinski definition) is 0. The summed E-state index contributed by atoms with van der Waals surface area (Å²) < 4.78 is 0. The fourth-order valence-corrected chi connectivity index (χ4v) is 3.98. The molecule has 3 aliphatic heterocycles. The lowest BCUT2D eigenvalue weighted by Gasteiger charge is -2.40. The molecule has 1 aromatic rings. The maximum Gasteiger partial charge on any atom is 0.328 e. The zero-order chi connectivity index (χ0) is 19.3. The highest BCUT2D eigenvalue weighted by atomic mass is 16.2. The van der Waals surface area contributed by atoms with Crippen LogP contribution < -0.4 is 0 Å². The number of urea groups is 1. The van der Waals surface area contributed by atoms with Gasteiger partial charge in [0, 0.05) is 26.7 Å². The lowest BCUT2D eigenvalue weighted by molar-refractivity contribution is -0.136. The molecule has 3 amide bonds. The number of imide groups is 1. The molecular weight excluding hydrogens is 342 g/mol. The van der Waals surface area contributed by atoms with E-state index < -0.39 is 12.2 Å². The molecule has 142 valence electrons. The quantitative estimate of drug-likeness (QED) is 0.760. The van der Waals surface area contributed by atoms with Crippen LogP contribution in [0.5, 0.6) is 0 Å². The first kappa shape index (κ1) is 17.6. The van der Waals surface area contributed by atoms with Crippen molar-refractivity contribution in [2.45, 2.75) is 32.6 Å². The van der Waals surface area contributed by atoms with Crippen LogP contribution in [0.3, 0.4) is 0 Å². The number of nitrogens with zero attached hydrogens (tertiary/aromatic N) is 5. The first-order valence-corrected chi connectivity index (χ1v) is 9.24. The molecule has 7 nitrogen and oxygen atoms in total. The van der Waals surface area contributed by atoms with Crippen molar-refractivity contribution in [1.29, 1.82) is 0 Å². The van der Waals surface area contributed by atoms with E-state index in [1.54, 1.807) is 11.9 Å². The molecule has 27 heavy (non-hydrogen) atoms. The van der Waals surface area contributed by atoms with Crippen LogP contribution in [0, 0.1) is 6.92 Å². The van der Waals surface area contributed by atoms with Gasteiger partial charge in [0.2, 0.25) is 0 Å². The van der Waals surface area contributed by atoms with Gasteiger partial charge < -0.3 is 14.7 Å². The van der Waals surface area contributed by atoms with Crippen molar-refractivity contribution in [3.8, 4) is 0 Å². The van der Waals surface area contributed by atoms with Gasteiger partial charge in [-0.05, 0) is 19.4 Å². The Labute approximate surface area is 159 Å². The molecule has 1 aromatic carbocycles. The first-order chi connectivity index (χ1) is 12.9. The minimum Gasteiger partial charge on any atom is -0.337 e. The van der Waals surface area contributed by atoms with Crippen molar-refractivity contribution >= 4 is 17.9 Å². The summed E-state index contributed by atoms with van der Waals surface area (Å²) in [6.07, 6.45) is -0.456. The Morgan fingerprint density at radius 1 is 1.22 bits per heavy atom. The van der Waals surface area contributed by atoms with Crippen LogP contribution in [0.2, 0.25) is 0 Å². The Bertz CT molecular complexity index is 831. The number of fused-ring (bicyclic) bond motifs is 3. The average molecular weight is 367 g/mol. The van der Waals surface area contributed by atoms with E-state index in [2.05, 4.69) is 47.6 Å². The highest BCUT2D eigenvalue weighted by molar-refractivity contribution is 6.04. The van der Waals surface area contributed by atoms with E-state index in [9.17, 15) is 9.59 Å². The van der Waals surface area contributed by atoms with Crippen LogP contribution in [0.4, 0.5) is 4.79 Å². The summed E-state index contributed by atoms with van der Waals surface area (Å²) in [5.74, 6) is 0.637. The van der Waals surface area contributed by atoms with E-state index >= 15 is 0 Å². The van der Waals surface area contributed by atoms with Crippen molar-refractivity contribution < 1.29 is 9.59 Å². The lowest BCUT2D eigenvalue weighted by Crippen LogP contribution is -2.64. The third-order valence-electron chi connectivity index (χ3n) is 5.39. The number of hydrogen-bond acceptors (Lipinski definition) is 5. The summed E-state index contributed by atoms with van der Waals surface area (Å²) >= 11 is 0. The molecule has 0 N–H and O–H groups in total. The van der Waals surface area contributed by atoms with E-state index in [0.29, 0.717) is 0 Å². The zero-order valence-electron chi connectivity index (χ0n) is 16.1. The number of benzene rings is 1. The number of carbonyl (C=O) groups is 2. The Balaban J connectivity index is 1.57. The van der Waals surface area contributed by atoms with E-state index in [-0.39, 0.29) is 18.5 Å². The van der Waals surface area contributed by atoms with E-state index in [1.807, 2.05) is 6.92 Å². The van der Waals surface area contributed by atoms with Crippen molar-refractivity contribution in [3.05, 3.63) is 47.5 Å². The van der Waals surface area contributed by atoms with Crippen LogP contribution in [-0.2, 0) is 11.3 Å². The van der Waals surface area contributed by atoms with Crippen molar-refractivity contribution in [2.75, 3.05) is 26.7 Å². The Kier molecular flexibility index (Phi) is 4.17. The Morgan fingerprint density at radius 2 is 1.93 bits per heavy atom. The molecule has 0 radical (unpaired) electrons. The van der Waals surface area contributed by atoms with Crippen LogP contribution in [0.15, 0.2) is 41.4 Å². The fraction of sp³-hybridized carbons (Fsp3) is 0.450. The number of aryl methyl sites for hydroxylation is 1.